The largest absolute Gasteiger partial charge is 0.323 e. The van der Waals surface area contributed by atoms with Gasteiger partial charge in [-0.15, -0.1) is 0 Å². The first-order valence-corrected chi connectivity index (χ1v) is 9.39. The second-order valence-electron chi connectivity index (χ2n) is 5.96. The summed E-state index contributed by atoms with van der Waals surface area (Å²) in [5.41, 5.74) is 2.10. The minimum Gasteiger partial charge on any atom is -0.323 e. The minimum absolute atomic E-state index is 0.194. The third kappa shape index (κ3) is 2.89. The van der Waals surface area contributed by atoms with Crippen molar-refractivity contribution in [2.45, 2.75) is 31.1 Å². The molecule has 1 heterocycles. The van der Waals surface area contributed by atoms with Gasteiger partial charge in [-0.25, -0.2) is 8.42 Å². The standard InChI is InChI=1S/C18H20N2O3S/c1-3-13(2)14-8-10-15(11-9-14)24(22,23)20-12-18(21)19-16-6-4-5-7-17(16)20/h4-11,13H,3,12H2,1-2H3,(H,19,21)/t13-/m0/s1. The number of carbonyl (C=O) groups excluding carboxylic acids is 1. The number of amides is 1. The average molecular weight is 344 g/mol. The predicted octanol–water partition coefficient (Wildman–Crippen LogP) is 3.35. The second-order valence-corrected chi connectivity index (χ2v) is 7.82. The maximum atomic E-state index is 13.0. The molecular weight excluding hydrogens is 324 g/mol. The van der Waals surface area contributed by atoms with E-state index in [1.165, 1.54) is 4.31 Å². The number of fused-ring (bicyclic) bond motifs is 1. The number of rotatable bonds is 4. The normalized spacial score (nSPS) is 15.6. The van der Waals surface area contributed by atoms with Crippen LogP contribution >= 0.6 is 0 Å². The van der Waals surface area contributed by atoms with Gasteiger partial charge in [-0.05, 0) is 42.2 Å². The third-order valence-corrected chi connectivity index (χ3v) is 6.16. The summed E-state index contributed by atoms with van der Waals surface area (Å²) in [5.74, 6) is 0.0387. The summed E-state index contributed by atoms with van der Waals surface area (Å²) >= 11 is 0. The maximum absolute atomic E-state index is 13.0. The summed E-state index contributed by atoms with van der Waals surface area (Å²) in [4.78, 5) is 12.1. The topological polar surface area (TPSA) is 66.5 Å². The molecule has 0 aliphatic carbocycles. The van der Waals surface area contributed by atoms with Crippen molar-refractivity contribution in [2.24, 2.45) is 0 Å². The van der Waals surface area contributed by atoms with Crippen LogP contribution in [0, 0.1) is 0 Å². The zero-order valence-corrected chi connectivity index (χ0v) is 14.5. The van der Waals surface area contributed by atoms with Gasteiger partial charge in [0.05, 0.1) is 16.3 Å². The predicted molar refractivity (Wildman–Crippen MR) is 94.8 cm³/mol. The first-order chi connectivity index (χ1) is 11.4. The highest BCUT2D eigenvalue weighted by atomic mass is 32.2. The van der Waals surface area contributed by atoms with Crippen molar-refractivity contribution >= 4 is 27.3 Å². The molecule has 0 saturated heterocycles. The maximum Gasteiger partial charge on any atom is 0.264 e. The van der Waals surface area contributed by atoms with E-state index in [1.807, 2.05) is 12.1 Å². The number of carbonyl (C=O) groups is 1. The highest BCUT2D eigenvalue weighted by Gasteiger charge is 2.32. The quantitative estimate of drug-likeness (QED) is 0.925. The average Bonchev–Trinajstić information content (AvgIpc) is 2.60. The molecule has 3 rings (SSSR count). The summed E-state index contributed by atoms with van der Waals surface area (Å²) in [6.45, 7) is 3.99. The van der Waals surface area contributed by atoms with Crippen LogP contribution in [0.15, 0.2) is 53.4 Å². The highest BCUT2D eigenvalue weighted by molar-refractivity contribution is 7.92. The van der Waals surface area contributed by atoms with E-state index in [9.17, 15) is 13.2 Å². The molecule has 0 spiro atoms. The molecule has 5 nitrogen and oxygen atoms in total. The molecule has 0 aromatic heterocycles. The van der Waals surface area contributed by atoms with Crippen molar-refractivity contribution in [3.05, 3.63) is 54.1 Å². The fraction of sp³-hybridized carbons (Fsp3) is 0.278. The van der Waals surface area contributed by atoms with Crippen molar-refractivity contribution in [1.82, 2.24) is 0 Å². The molecule has 0 radical (unpaired) electrons. The smallest absolute Gasteiger partial charge is 0.264 e. The van der Waals surface area contributed by atoms with E-state index in [-0.39, 0.29) is 17.3 Å². The fourth-order valence-electron chi connectivity index (χ4n) is 2.75. The van der Waals surface area contributed by atoms with E-state index in [1.54, 1.807) is 36.4 Å². The number of nitrogens with zero attached hydrogens (tertiary/aromatic N) is 1. The Bertz CT molecular complexity index is 860. The minimum atomic E-state index is -3.79. The van der Waals surface area contributed by atoms with Crippen molar-refractivity contribution in [1.29, 1.82) is 0 Å². The Morgan fingerprint density at radius 1 is 1.12 bits per heavy atom. The molecule has 2 aromatic carbocycles. The van der Waals surface area contributed by atoms with E-state index < -0.39 is 10.0 Å². The van der Waals surface area contributed by atoms with Gasteiger partial charge in [-0.1, -0.05) is 38.1 Å². The molecule has 1 N–H and O–H groups in total. The van der Waals surface area contributed by atoms with Crippen LogP contribution in [0.1, 0.15) is 31.7 Å². The number of anilines is 2. The van der Waals surface area contributed by atoms with Gasteiger partial charge in [0.25, 0.3) is 10.0 Å². The Kier molecular flexibility index (Phi) is 4.32. The van der Waals surface area contributed by atoms with E-state index in [4.69, 9.17) is 0 Å². The van der Waals surface area contributed by atoms with Crippen molar-refractivity contribution in [3.8, 4) is 0 Å². The zero-order chi connectivity index (χ0) is 17.3. The Morgan fingerprint density at radius 3 is 2.46 bits per heavy atom. The van der Waals surface area contributed by atoms with Crippen LogP contribution in [0.25, 0.3) is 0 Å². The van der Waals surface area contributed by atoms with Gasteiger partial charge in [-0.2, -0.15) is 0 Å². The van der Waals surface area contributed by atoms with Crippen LogP contribution in [0.3, 0.4) is 0 Å². The first-order valence-electron chi connectivity index (χ1n) is 7.95. The van der Waals surface area contributed by atoms with E-state index >= 15 is 0 Å². The van der Waals surface area contributed by atoms with Crippen LogP contribution in [0.5, 0.6) is 0 Å². The van der Waals surface area contributed by atoms with Gasteiger partial charge in [0.1, 0.15) is 6.54 Å². The lowest BCUT2D eigenvalue weighted by Gasteiger charge is -2.30. The Morgan fingerprint density at radius 2 is 1.79 bits per heavy atom. The molecule has 1 amide bonds. The number of benzene rings is 2. The molecule has 0 bridgehead atoms. The van der Waals surface area contributed by atoms with Crippen molar-refractivity contribution in [2.75, 3.05) is 16.2 Å². The number of hydrogen-bond donors (Lipinski definition) is 1. The van der Waals surface area contributed by atoms with E-state index in [0.29, 0.717) is 17.3 Å². The lowest BCUT2D eigenvalue weighted by Crippen LogP contribution is -2.42. The van der Waals surface area contributed by atoms with E-state index in [2.05, 4.69) is 19.2 Å². The summed E-state index contributed by atoms with van der Waals surface area (Å²) < 4.78 is 27.2. The van der Waals surface area contributed by atoms with Gasteiger partial charge >= 0.3 is 0 Å². The summed E-state index contributed by atoms with van der Waals surface area (Å²) in [7, 11) is -3.79. The van der Waals surface area contributed by atoms with Crippen molar-refractivity contribution in [3.63, 3.8) is 0 Å². The third-order valence-electron chi connectivity index (χ3n) is 4.38. The van der Waals surface area contributed by atoms with Crippen LogP contribution in [0.2, 0.25) is 0 Å². The highest BCUT2D eigenvalue weighted by Crippen LogP contribution is 2.33. The molecule has 2 aromatic rings. The molecular formula is C18H20N2O3S. The molecule has 1 aliphatic heterocycles. The molecule has 0 saturated carbocycles. The van der Waals surface area contributed by atoms with Gasteiger partial charge in [0.2, 0.25) is 5.91 Å². The molecule has 24 heavy (non-hydrogen) atoms. The second kappa shape index (κ2) is 6.28. The fourth-order valence-corrected chi connectivity index (χ4v) is 4.19. The zero-order valence-electron chi connectivity index (χ0n) is 13.7. The number of para-hydroxylation sites is 2. The molecule has 1 aliphatic rings. The van der Waals surface area contributed by atoms with Crippen LogP contribution in [-0.2, 0) is 14.8 Å². The van der Waals surface area contributed by atoms with Gasteiger partial charge < -0.3 is 5.32 Å². The Hall–Kier alpha value is -2.34. The van der Waals surface area contributed by atoms with Crippen LogP contribution in [-0.4, -0.2) is 20.9 Å². The molecule has 0 unspecified atom stereocenters. The van der Waals surface area contributed by atoms with Crippen molar-refractivity contribution < 1.29 is 13.2 Å². The first kappa shape index (κ1) is 16.5. The number of nitrogens with one attached hydrogen (secondary N) is 1. The Balaban J connectivity index is 2.01. The summed E-state index contributed by atoms with van der Waals surface area (Å²) in [6.07, 6.45) is 0.992. The van der Waals surface area contributed by atoms with Crippen LogP contribution < -0.4 is 9.62 Å². The van der Waals surface area contributed by atoms with Crippen LogP contribution in [0.4, 0.5) is 11.4 Å². The lowest BCUT2D eigenvalue weighted by molar-refractivity contribution is -0.115. The Labute approximate surface area is 142 Å². The lowest BCUT2D eigenvalue weighted by atomic mass is 9.99. The monoisotopic (exact) mass is 344 g/mol. The molecule has 126 valence electrons. The molecule has 0 fully saturated rings. The SMILES string of the molecule is CC[C@H](C)c1ccc(S(=O)(=O)N2CC(=O)Nc3ccccc32)cc1. The van der Waals surface area contributed by atoms with Gasteiger partial charge in [0, 0.05) is 0 Å². The molecule has 1 atom stereocenters. The summed E-state index contributed by atoms with van der Waals surface area (Å²) in [6, 6.07) is 13.8. The molecule has 6 heteroatoms. The number of sulfonamides is 1. The van der Waals surface area contributed by atoms with E-state index in [0.717, 1.165) is 12.0 Å². The van der Waals surface area contributed by atoms with Gasteiger partial charge in [-0.3, -0.25) is 9.10 Å². The number of hydrogen-bond acceptors (Lipinski definition) is 3. The van der Waals surface area contributed by atoms with Gasteiger partial charge in [0.15, 0.2) is 0 Å². The summed E-state index contributed by atoms with van der Waals surface area (Å²) in [5, 5.41) is 2.70.